The molecule has 0 aromatic heterocycles. The summed E-state index contributed by atoms with van der Waals surface area (Å²) in [6, 6.07) is 0. The van der Waals surface area contributed by atoms with Crippen molar-refractivity contribution in [3.05, 3.63) is 0 Å². The average Bonchev–Trinajstić information content (AvgIpc) is 2.35. The molecule has 0 aromatic carbocycles. The SMILES string of the molecule is O=C(O)C(F)(F)F.O=C(O)C(F)(F)F.O=C(O)C(F)(F)F.O=C(O)C(F)(F)F.[Hf]. The maximum Gasteiger partial charge on any atom is 0.490 e. The molecule has 172 valence electrons. The third-order valence-electron chi connectivity index (χ3n) is 0.970. The average molecular weight is 635 g/mol. The number of halogens is 12. The molecule has 0 spiro atoms. The van der Waals surface area contributed by atoms with Gasteiger partial charge in [-0.2, -0.15) is 52.7 Å². The first-order valence-corrected chi connectivity index (χ1v) is 4.98. The molecule has 0 aliphatic heterocycles. The van der Waals surface area contributed by atoms with Gasteiger partial charge < -0.3 is 20.4 Å². The van der Waals surface area contributed by atoms with Gasteiger partial charge >= 0.3 is 48.6 Å². The van der Waals surface area contributed by atoms with E-state index in [1.54, 1.807) is 0 Å². The molecule has 0 aliphatic carbocycles. The first-order valence-electron chi connectivity index (χ1n) is 4.98. The van der Waals surface area contributed by atoms with E-state index in [0.717, 1.165) is 0 Å². The number of carboxylic acid groups (broad SMARTS) is 4. The van der Waals surface area contributed by atoms with Crippen LogP contribution >= 0.6 is 0 Å². The number of hydrogen-bond donors (Lipinski definition) is 4. The zero-order chi connectivity index (χ0) is 24.3. The van der Waals surface area contributed by atoms with Crippen LogP contribution < -0.4 is 0 Å². The Kier molecular flexibility index (Phi) is 18.1. The Balaban J connectivity index is -0.0000000873. The molecule has 8 nitrogen and oxygen atoms in total. The molecule has 0 amide bonds. The van der Waals surface area contributed by atoms with Crippen molar-refractivity contribution in [1.82, 2.24) is 0 Å². The smallest absolute Gasteiger partial charge is 0.475 e. The Morgan fingerprint density at radius 3 is 0.414 bits per heavy atom. The Labute approximate surface area is 167 Å². The maximum atomic E-state index is 10.6. The molecule has 0 saturated carbocycles. The zero-order valence-electron chi connectivity index (χ0n) is 12.5. The maximum absolute atomic E-state index is 10.6. The third kappa shape index (κ3) is 30.9. The van der Waals surface area contributed by atoms with Crippen LogP contribution in [0.5, 0.6) is 0 Å². The molecule has 0 aliphatic rings. The van der Waals surface area contributed by atoms with Crippen LogP contribution in [0.4, 0.5) is 52.7 Å². The molecule has 0 bridgehead atoms. The van der Waals surface area contributed by atoms with Gasteiger partial charge in [0, 0.05) is 25.8 Å². The molecule has 0 aromatic rings. The Morgan fingerprint density at radius 2 is 0.414 bits per heavy atom. The van der Waals surface area contributed by atoms with E-state index < -0.39 is 48.6 Å². The van der Waals surface area contributed by atoms with Crippen molar-refractivity contribution < 1.29 is 118 Å². The molecule has 0 rings (SSSR count). The summed E-state index contributed by atoms with van der Waals surface area (Å²) in [4.78, 5) is 35.6. The van der Waals surface area contributed by atoms with Gasteiger partial charge in [-0.15, -0.1) is 0 Å². The zero-order valence-corrected chi connectivity index (χ0v) is 16.1. The van der Waals surface area contributed by atoms with Crippen molar-refractivity contribution >= 4 is 23.9 Å². The predicted molar refractivity (Wildman–Crippen MR) is 54.8 cm³/mol. The first-order chi connectivity index (χ1) is 11.8. The summed E-state index contributed by atoms with van der Waals surface area (Å²) in [6.07, 6.45) is -20.3. The Morgan fingerprint density at radius 1 is 0.379 bits per heavy atom. The molecule has 0 unspecified atom stereocenters. The third-order valence-corrected chi connectivity index (χ3v) is 0.970. The fourth-order valence-electron chi connectivity index (χ4n) is 0. The van der Waals surface area contributed by atoms with Crippen molar-refractivity contribution in [3.8, 4) is 0 Å². The first kappa shape index (κ1) is 37.6. The summed E-state index contributed by atoms with van der Waals surface area (Å²) < 4.78 is 127. The van der Waals surface area contributed by atoms with Crippen LogP contribution in [0.15, 0.2) is 0 Å². The van der Waals surface area contributed by atoms with Gasteiger partial charge in [0.25, 0.3) is 0 Å². The summed E-state index contributed by atoms with van der Waals surface area (Å²) in [7, 11) is 0. The predicted octanol–water partition coefficient (Wildman–Crippen LogP) is 2.53. The van der Waals surface area contributed by atoms with Crippen LogP contribution in [-0.4, -0.2) is 69.0 Å². The van der Waals surface area contributed by atoms with E-state index in [1.807, 2.05) is 0 Å². The van der Waals surface area contributed by atoms with E-state index in [9.17, 15) is 52.7 Å². The minimum absolute atomic E-state index is 0. The number of carbonyl (C=O) groups is 4. The van der Waals surface area contributed by atoms with Gasteiger partial charge in [-0.05, 0) is 0 Å². The van der Waals surface area contributed by atoms with Crippen LogP contribution in [0.1, 0.15) is 0 Å². The van der Waals surface area contributed by atoms with E-state index in [2.05, 4.69) is 0 Å². The summed E-state index contributed by atoms with van der Waals surface area (Å²) >= 11 is 0. The van der Waals surface area contributed by atoms with Crippen molar-refractivity contribution in [1.29, 1.82) is 0 Å². The van der Waals surface area contributed by atoms with Gasteiger partial charge in [0.15, 0.2) is 0 Å². The molecular formula is C8H4F12HfO8. The quantitative estimate of drug-likeness (QED) is 0.235. The minimum Gasteiger partial charge on any atom is -0.475 e. The number of alkyl halides is 12. The number of carboxylic acids is 4. The fourth-order valence-corrected chi connectivity index (χ4v) is 0. The molecule has 4 N–H and O–H groups in total. The van der Waals surface area contributed by atoms with Crippen molar-refractivity contribution in [2.45, 2.75) is 24.7 Å². The van der Waals surface area contributed by atoms with E-state index in [4.69, 9.17) is 39.6 Å². The second-order valence-electron chi connectivity index (χ2n) is 3.21. The van der Waals surface area contributed by atoms with Gasteiger partial charge in [-0.25, -0.2) is 19.2 Å². The van der Waals surface area contributed by atoms with E-state index in [-0.39, 0.29) is 25.8 Å². The molecule has 0 saturated heterocycles. The number of aliphatic carboxylic acids is 4. The number of hydrogen-bond acceptors (Lipinski definition) is 4. The second kappa shape index (κ2) is 14.0. The molecular weight excluding hydrogens is 631 g/mol. The summed E-state index contributed by atoms with van der Waals surface area (Å²) in [5.74, 6) is -11.0. The van der Waals surface area contributed by atoms with Crippen molar-refractivity contribution in [2.24, 2.45) is 0 Å². The minimum atomic E-state index is -5.08. The Bertz CT molecular complexity index is 436. The second-order valence-corrected chi connectivity index (χ2v) is 3.21. The Hall–Kier alpha value is -2.09. The molecule has 0 heterocycles. The van der Waals surface area contributed by atoms with Crippen LogP contribution in [0.3, 0.4) is 0 Å². The molecule has 0 atom stereocenters. The molecule has 21 heteroatoms. The van der Waals surface area contributed by atoms with Crippen LogP contribution in [0, 0.1) is 0 Å². The largest absolute Gasteiger partial charge is 0.490 e. The van der Waals surface area contributed by atoms with Gasteiger partial charge in [-0.1, -0.05) is 0 Å². The molecule has 0 radical (unpaired) electrons. The van der Waals surface area contributed by atoms with Gasteiger partial charge in [0.1, 0.15) is 0 Å². The fraction of sp³-hybridized carbons (Fsp3) is 0.500. The normalized spacial score (nSPS) is 10.9. The van der Waals surface area contributed by atoms with Gasteiger partial charge in [0.2, 0.25) is 0 Å². The van der Waals surface area contributed by atoms with E-state index >= 15 is 0 Å². The van der Waals surface area contributed by atoms with Crippen molar-refractivity contribution in [3.63, 3.8) is 0 Å². The molecule has 0 fully saturated rings. The molecule has 29 heavy (non-hydrogen) atoms. The summed E-state index contributed by atoms with van der Waals surface area (Å²) in [5, 5.41) is 28.5. The number of rotatable bonds is 0. The standard InChI is InChI=1S/4C2HF3O2.Hf/c4*3-2(4,5)1(6)7;/h4*(H,6,7);. The van der Waals surface area contributed by atoms with Crippen LogP contribution in [0.25, 0.3) is 0 Å². The van der Waals surface area contributed by atoms with Gasteiger partial charge in [-0.3, -0.25) is 0 Å². The van der Waals surface area contributed by atoms with Crippen molar-refractivity contribution in [2.75, 3.05) is 0 Å². The summed E-state index contributed by atoms with van der Waals surface area (Å²) in [5.41, 5.74) is 0. The summed E-state index contributed by atoms with van der Waals surface area (Å²) in [6.45, 7) is 0. The van der Waals surface area contributed by atoms with Crippen LogP contribution in [0.2, 0.25) is 0 Å². The van der Waals surface area contributed by atoms with E-state index in [0.29, 0.717) is 0 Å². The van der Waals surface area contributed by atoms with Crippen LogP contribution in [-0.2, 0) is 45.0 Å². The topological polar surface area (TPSA) is 149 Å². The van der Waals surface area contributed by atoms with E-state index in [1.165, 1.54) is 0 Å². The monoisotopic (exact) mass is 636 g/mol. The van der Waals surface area contributed by atoms with Gasteiger partial charge in [0.05, 0.1) is 0 Å².